The summed E-state index contributed by atoms with van der Waals surface area (Å²) in [7, 11) is 2.37. The molecule has 0 atom stereocenters. The molecule has 1 amide bonds. The summed E-state index contributed by atoms with van der Waals surface area (Å²) in [6.45, 7) is 0. The highest BCUT2D eigenvalue weighted by Gasteiger charge is 2.14. The molecule has 2 aromatic carbocycles. The summed E-state index contributed by atoms with van der Waals surface area (Å²) in [5.74, 6) is -2.57. The van der Waals surface area contributed by atoms with Crippen LogP contribution in [-0.2, 0) is 14.3 Å². The monoisotopic (exact) mass is 391 g/mol. The van der Waals surface area contributed by atoms with Crippen molar-refractivity contribution in [2.24, 2.45) is 0 Å². The van der Waals surface area contributed by atoms with Crippen LogP contribution in [0.1, 0.15) is 26.3 Å². The van der Waals surface area contributed by atoms with Gasteiger partial charge in [-0.05, 0) is 36.4 Å². The van der Waals surface area contributed by atoms with Crippen LogP contribution in [0.3, 0.4) is 0 Å². The minimum absolute atomic E-state index is 0.0526. The van der Waals surface area contributed by atoms with Crippen molar-refractivity contribution in [3.8, 4) is 0 Å². The molecule has 0 radical (unpaired) electrons. The molecule has 0 aliphatic rings. The maximum atomic E-state index is 13.7. The summed E-state index contributed by atoms with van der Waals surface area (Å²) in [4.78, 5) is 35.6. The van der Waals surface area contributed by atoms with Crippen LogP contribution in [0.2, 0.25) is 5.02 Å². The number of ether oxygens (including phenoxy) is 2. The molecule has 0 aliphatic heterocycles. The van der Waals surface area contributed by atoms with Crippen LogP contribution in [0.4, 0.5) is 10.1 Å². The van der Waals surface area contributed by atoms with Crippen molar-refractivity contribution in [3.05, 3.63) is 70.0 Å². The van der Waals surface area contributed by atoms with Gasteiger partial charge in [0.2, 0.25) is 5.91 Å². The highest BCUT2D eigenvalue weighted by atomic mass is 35.5. The second-order valence-electron chi connectivity index (χ2n) is 5.24. The number of hydrogen-bond acceptors (Lipinski definition) is 5. The molecule has 27 heavy (non-hydrogen) atoms. The number of methoxy groups -OCH3 is 2. The summed E-state index contributed by atoms with van der Waals surface area (Å²) < 4.78 is 23.0. The molecule has 140 valence electrons. The van der Waals surface area contributed by atoms with Gasteiger partial charge in [-0.3, -0.25) is 4.79 Å². The predicted molar refractivity (Wildman–Crippen MR) is 98.2 cm³/mol. The average molecular weight is 392 g/mol. The zero-order valence-corrected chi connectivity index (χ0v) is 15.2. The van der Waals surface area contributed by atoms with Gasteiger partial charge < -0.3 is 14.8 Å². The number of benzene rings is 2. The number of hydrogen-bond donors (Lipinski definition) is 1. The van der Waals surface area contributed by atoms with Gasteiger partial charge in [0.25, 0.3) is 0 Å². The smallest absolute Gasteiger partial charge is 0.337 e. The molecule has 0 spiro atoms. The summed E-state index contributed by atoms with van der Waals surface area (Å²) >= 11 is 5.89. The Bertz CT molecular complexity index is 872. The van der Waals surface area contributed by atoms with Crippen LogP contribution in [0.25, 0.3) is 6.08 Å². The van der Waals surface area contributed by atoms with Gasteiger partial charge in [0.15, 0.2) is 0 Å². The molecule has 0 heterocycles. The van der Waals surface area contributed by atoms with Gasteiger partial charge in [0.1, 0.15) is 5.82 Å². The average Bonchev–Trinajstić information content (AvgIpc) is 2.65. The van der Waals surface area contributed by atoms with E-state index in [4.69, 9.17) is 11.6 Å². The van der Waals surface area contributed by atoms with E-state index in [9.17, 15) is 18.8 Å². The van der Waals surface area contributed by atoms with Crippen LogP contribution in [0.15, 0.2) is 42.5 Å². The van der Waals surface area contributed by atoms with Crippen LogP contribution < -0.4 is 5.32 Å². The lowest BCUT2D eigenvalue weighted by atomic mass is 10.1. The van der Waals surface area contributed by atoms with Crippen molar-refractivity contribution in [1.29, 1.82) is 0 Å². The molecular formula is C19H15ClFNO5. The Kier molecular flexibility index (Phi) is 6.67. The van der Waals surface area contributed by atoms with Gasteiger partial charge in [-0.1, -0.05) is 17.7 Å². The van der Waals surface area contributed by atoms with E-state index in [0.717, 1.165) is 6.08 Å². The predicted octanol–water partition coefficient (Wildman–Crippen LogP) is 3.70. The number of anilines is 1. The molecule has 8 heteroatoms. The first-order chi connectivity index (χ1) is 12.8. The zero-order valence-electron chi connectivity index (χ0n) is 14.4. The standard InChI is InChI=1S/C19H15ClFNO5/c1-26-18(24)11-8-12(19(25)27-2)10-13(9-11)22-17(23)7-6-14-15(20)4-3-5-16(14)21/h3-10H,1-2H3,(H,22,23). The van der Waals surface area contributed by atoms with Crippen LogP contribution in [-0.4, -0.2) is 32.1 Å². The second kappa shape index (κ2) is 8.95. The van der Waals surface area contributed by atoms with E-state index in [1.165, 1.54) is 56.7 Å². The number of carbonyl (C=O) groups is 3. The van der Waals surface area contributed by atoms with Crippen molar-refractivity contribution >= 4 is 41.2 Å². The number of nitrogens with one attached hydrogen (secondary N) is 1. The minimum Gasteiger partial charge on any atom is -0.465 e. The van der Waals surface area contributed by atoms with E-state index in [1.54, 1.807) is 0 Å². The van der Waals surface area contributed by atoms with E-state index < -0.39 is 23.7 Å². The normalized spacial score (nSPS) is 10.5. The molecule has 0 fully saturated rings. The van der Waals surface area contributed by atoms with Crippen molar-refractivity contribution in [2.75, 3.05) is 19.5 Å². The fourth-order valence-electron chi connectivity index (χ4n) is 2.18. The van der Waals surface area contributed by atoms with E-state index in [1.807, 2.05) is 0 Å². The first-order valence-electron chi connectivity index (χ1n) is 7.60. The largest absolute Gasteiger partial charge is 0.465 e. The third-order valence-corrected chi connectivity index (χ3v) is 3.77. The summed E-state index contributed by atoms with van der Waals surface area (Å²) in [6.07, 6.45) is 2.30. The Hall–Kier alpha value is -3.19. The lowest BCUT2D eigenvalue weighted by Gasteiger charge is -2.08. The Morgan fingerprint density at radius 2 is 1.63 bits per heavy atom. The number of amides is 1. The lowest BCUT2D eigenvalue weighted by molar-refractivity contribution is -0.111. The molecule has 0 unspecified atom stereocenters. The SMILES string of the molecule is COC(=O)c1cc(NC(=O)C=Cc2c(F)cccc2Cl)cc(C(=O)OC)c1. The number of esters is 2. The minimum atomic E-state index is -0.690. The molecule has 0 aromatic heterocycles. The number of rotatable bonds is 5. The van der Waals surface area contributed by atoms with E-state index in [-0.39, 0.29) is 27.4 Å². The van der Waals surface area contributed by atoms with E-state index >= 15 is 0 Å². The third kappa shape index (κ3) is 5.15. The quantitative estimate of drug-likeness (QED) is 0.620. The van der Waals surface area contributed by atoms with Crippen LogP contribution in [0.5, 0.6) is 0 Å². The van der Waals surface area contributed by atoms with E-state index in [0.29, 0.717) is 0 Å². The van der Waals surface area contributed by atoms with Crippen LogP contribution in [0, 0.1) is 5.82 Å². The van der Waals surface area contributed by atoms with Gasteiger partial charge in [-0.2, -0.15) is 0 Å². The Morgan fingerprint density at radius 1 is 1.04 bits per heavy atom. The summed E-state index contributed by atoms with van der Waals surface area (Å²) in [5, 5.41) is 2.64. The molecule has 0 saturated heterocycles. The fraction of sp³-hybridized carbons (Fsp3) is 0.105. The number of carbonyl (C=O) groups excluding carboxylic acids is 3. The lowest BCUT2D eigenvalue weighted by Crippen LogP contribution is -2.12. The number of halogens is 2. The van der Waals surface area contributed by atoms with Crippen molar-refractivity contribution in [2.45, 2.75) is 0 Å². The summed E-state index contributed by atoms with van der Waals surface area (Å²) in [5.41, 5.74) is 0.328. The maximum Gasteiger partial charge on any atom is 0.337 e. The maximum absolute atomic E-state index is 13.7. The second-order valence-corrected chi connectivity index (χ2v) is 5.65. The molecule has 0 aliphatic carbocycles. The van der Waals surface area contributed by atoms with Crippen molar-refractivity contribution in [1.82, 2.24) is 0 Å². The molecule has 2 rings (SSSR count). The summed E-state index contributed by atoms with van der Waals surface area (Å²) in [6, 6.07) is 8.10. The molecule has 1 N–H and O–H groups in total. The van der Waals surface area contributed by atoms with Gasteiger partial charge in [0.05, 0.1) is 30.4 Å². The Balaban J connectivity index is 2.27. The highest BCUT2D eigenvalue weighted by molar-refractivity contribution is 6.32. The molecule has 2 aromatic rings. The van der Waals surface area contributed by atoms with Gasteiger partial charge in [0, 0.05) is 17.3 Å². The first-order valence-corrected chi connectivity index (χ1v) is 7.98. The van der Waals surface area contributed by atoms with E-state index in [2.05, 4.69) is 14.8 Å². The Labute approximate surface area is 159 Å². The van der Waals surface area contributed by atoms with Gasteiger partial charge in [-0.15, -0.1) is 0 Å². The molecule has 0 saturated carbocycles. The van der Waals surface area contributed by atoms with Gasteiger partial charge in [-0.25, -0.2) is 14.0 Å². The fourth-order valence-corrected chi connectivity index (χ4v) is 2.41. The van der Waals surface area contributed by atoms with Crippen LogP contribution >= 0.6 is 11.6 Å². The van der Waals surface area contributed by atoms with Crippen molar-refractivity contribution in [3.63, 3.8) is 0 Å². The Morgan fingerprint density at radius 3 is 2.15 bits per heavy atom. The highest BCUT2D eigenvalue weighted by Crippen LogP contribution is 2.21. The molecule has 0 bridgehead atoms. The first kappa shape index (κ1) is 20.1. The van der Waals surface area contributed by atoms with Gasteiger partial charge >= 0.3 is 11.9 Å². The molecule has 6 nitrogen and oxygen atoms in total. The third-order valence-electron chi connectivity index (χ3n) is 3.44. The topological polar surface area (TPSA) is 81.7 Å². The molecular weight excluding hydrogens is 377 g/mol. The van der Waals surface area contributed by atoms with Crippen molar-refractivity contribution < 1.29 is 28.2 Å². The zero-order chi connectivity index (χ0) is 20.0.